The van der Waals surface area contributed by atoms with E-state index in [0.29, 0.717) is 6.54 Å². The van der Waals surface area contributed by atoms with Crippen molar-refractivity contribution in [3.05, 3.63) is 47.7 Å². The normalized spacial score (nSPS) is 10.3. The van der Waals surface area contributed by atoms with E-state index in [1.807, 2.05) is 38.4 Å². The summed E-state index contributed by atoms with van der Waals surface area (Å²) in [6.07, 6.45) is 3.64. The number of aryl methyl sites for hydroxylation is 2. The molecule has 0 radical (unpaired) electrons. The molecule has 3 heteroatoms. The van der Waals surface area contributed by atoms with Crippen molar-refractivity contribution in [3.8, 4) is 0 Å². The van der Waals surface area contributed by atoms with Crippen molar-refractivity contribution in [1.82, 2.24) is 4.98 Å². The average Bonchev–Trinajstić information content (AvgIpc) is 2.62. The molecule has 3 nitrogen and oxygen atoms in total. The number of aromatic nitrogens is 1. The molecule has 0 bridgehead atoms. The Morgan fingerprint density at radius 1 is 1.27 bits per heavy atom. The van der Waals surface area contributed by atoms with Crippen molar-refractivity contribution in [3.63, 3.8) is 0 Å². The zero-order valence-electron chi connectivity index (χ0n) is 8.95. The number of hydrogen-bond donors (Lipinski definition) is 1. The third-order valence-corrected chi connectivity index (χ3v) is 2.14. The third kappa shape index (κ3) is 2.59. The van der Waals surface area contributed by atoms with Gasteiger partial charge in [0.1, 0.15) is 11.5 Å². The zero-order chi connectivity index (χ0) is 10.7. The van der Waals surface area contributed by atoms with Gasteiger partial charge in [-0.05, 0) is 37.6 Å². The quantitative estimate of drug-likeness (QED) is 0.831. The zero-order valence-corrected chi connectivity index (χ0v) is 8.95. The Morgan fingerprint density at radius 3 is 2.80 bits per heavy atom. The second-order valence-corrected chi connectivity index (χ2v) is 3.62. The summed E-state index contributed by atoms with van der Waals surface area (Å²) in [4.78, 5) is 4.11. The second-order valence-electron chi connectivity index (χ2n) is 3.62. The number of rotatable bonds is 3. The van der Waals surface area contributed by atoms with E-state index in [0.717, 1.165) is 22.8 Å². The van der Waals surface area contributed by atoms with Crippen LogP contribution in [-0.2, 0) is 6.54 Å². The number of nitrogens with zero attached hydrogens (tertiary/aromatic N) is 1. The smallest absolute Gasteiger partial charge is 0.123 e. The van der Waals surface area contributed by atoms with Crippen LogP contribution in [0.5, 0.6) is 0 Å². The van der Waals surface area contributed by atoms with Crippen molar-refractivity contribution in [2.24, 2.45) is 0 Å². The van der Waals surface area contributed by atoms with E-state index in [2.05, 4.69) is 16.4 Å². The van der Waals surface area contributed by atoms with Crippen LogP contribution in [0.25, 0.3) is 0 Å². The van der Waals surface area contributed by atoms with Gasteiger partial charge in [-0.15, -0.1) is 0 Å². The summed E-state index contributed by atoms with van der Waals surface area (Å²) in [5.41, 5.74) is 2.17. The molecule has 1 N–H and O–H groups in total. The largest absolute Gasteiger partial charge is 0.465 e. The summed E-state index contributed by atoms with van der Waals surface area (Å²) >= 11 is 0. The minimum absolute atomic E-state index is 0.693. The Bertz CT molecular complexity index is 448. The lowest BCUT2D eigenvalue weighted by Crippen LogP contribution is -1.98. The van der Waals surface area contributed by atoms with Crippen molar-refractivity contribution in [2.45, 2.75) is 20.4 Å². The molecule has 2 aromatic rings. The molecule has 0 aliphatic rings. The van der Waals surface area contributed by atoms with Gasteiger partial charge >= 0.3 is 0 Å². The summed E-state index contributed by atoms with van der Waals surface area (Å²) in [5, 5.41) is 3.26. The van der Waals surface area contributed by atoms with E-state index >= 15 is 0 Å². The molecule has 0 saturated heterocycles. The highest BCUT2D eigenvalue weighted by Gasteiger charge is 1.98. The van der Waals surface area contributed by atoms with Crippen LogP contribution in [0.3, 0.4) is 0 Å². The lowest BCUT2D eigenvalue weighted by molar-refractivity contribution is 0.490. The van der Waals surface area contributed by atoms with E-state index in [4.69, 9.17) is 4.42 Å². The van der Waals surface area contributed by atoms with Crippen LogP contribution in [0.2, 0.25) is 0 Å². The van der Waals surface area contributed by atoms with Gasteiger partial charge in [0, 0.05) is 12.4 Å². The van der Waals surface area contributed by atoms with E-state index in [-0.39, 0.29) is 0 Å². The van der Waals surface area contributed by atoms with Crippen molar-refractivity contribution >= 4 is 5.69 Å². The van der Waals surface area contributed by atoms with Gasteiger partial charge in [-0.25, -0.2) is 0 Å². The molecule has 0 saturated carbocycles. The lowest BCUT2D eigenvalue weighted by Gasteiger charge is -2.04. The fourth-order valence-electron chi connectivity index (χ4n) is 1.42. The summed E-state index contributed by atoms with van der Waals surface area (Å²) in [7, 11) is 0. The topological polar surface area (TPSA) is 38.1 Å². The van der Waals surface area contributed by atoms with Crippen LogP contribution in [0, 0.1) is 13.8 Å². The molecule has 0 aliphatic heterocycles. The molecule has 0 spiro atoms. The molecule has 2 aromatic heterocycles. The molecule has 2 rings (SSSR count). The molecule has 0 aromatic carbocycles. The van der Waals surface area contributed by atoms with Crippen LogP contribution in [0.4, 0.5) is 5.69 Å². The van der Waals surface area contributed by atoms with Gasteiger partial charge in [0.15, 0.2) is 0 Å². The number of anilines is 1. The fourth-order valence-corrected chi connectivity index (χ4v) is 1.42. The molecular weight excluding hydrogens is 188 g/mol. The van der Waals surface area contributed by atoms with Crippen LogP contribution >= 0.6 is 0 Å². The fraction of sp³-hybridized carbons (Fsp3) is 0.250. The first-order valence-corrected chi connectivity index (χ1v) is 4.95. The van der Waals surface area contributed by atoms with E-state index in [9.17, 15) is 0 Å². The highest BCUT2D eigenvalue weighted by Crippen LogP contribution is 2.11. The first-order valence-electron chi connectivity index (χ1n) is 4.95. The first kappa shape index (κ1) is 9.77. The van der Waals surface area contributed by atoms with Crippen LogP contribution in [-0.4, -0.2) is 4.98 Å². The molecule has 0 fully saturated rings. The van der Waals surface area contributed by atoms with Crippen LogP contribution in [0.1, 0.15) is 17.1 Å². The number of furan rings is 1. The summed E-state index contributed by atoms with van der Waals surface area (Å²) in [5.74, 6) is 1.88. The van der Waals surface area contributed by atoms with Crippen LogP contribution < -0.4 is 5.32 Å². The highest BCUT2D eigenvalue weighted by molar-refractivity contribution is 5.42. The predicted octanol–water partition coefficient (Wildman–Crippen LogP) is 2.90. The van der Waals surface area contributed by atoms with Crippen molar-refractivity contribution in [1.29, 1.82) is 0 Å². The minimum Gasteiger partial charge on any atom is -0.465 e. The Hall–Kier alpha value is -1.77. The van der Waals surface area contributed by atoms with Crippen molar-refractivity contribution in [2.75, 3.05) is 5.32 Å². The van der Waals surface area contributed by atoms with E-state index < -0.39 is 0 Å². The van der Waals surface area contributed by atoms with Gasteiger partial charge in [0.25, 0.3) is 0 Å². The molecule has 0 amide bonds. The Labute approximate surface area is 89.1 Å². The maximum atomic E-state index is 5.45. The van der Waals surface area contributed by atoms with E-state index in [1.54, 1.807) is 0 Å². The predicted molar refractivity (Wildman–Crippen MR) is 59.7 cm³/mol. The molecule has 2 heterocycles. The van der Waals surface area contributed by atoms with Gasteiger partial charge < -0.3 is 9.73 Å². The van der Waals surface area contributed by atoms with Gasteiger partial charge in [-0.1, -0.05) is 0 Å². The van der Waals surface area contributed by atoms with E-state index in [1.165, 1.54) is 0 Å². The Kier molecular flexibility index (Phi) is 2.72. The monoisotopic (exact) mass is 202 g/mol. The highest BCUT2D eigenvalue weighted by atomic mass is 16.3. The second kappa shape index (κ2) is 4.17. The molecule has 0 unspecified atom stereocenters. The molecular formula is C12H14N2O. The summed E-state index contributed by atoms with van der Waals surface area (Å²) in [6.45, 7) is 4.66. The lowest BCUT2D eigenvalue weighted by atomic mass is 10.3. The van der Waals surface area contributed by atoms with Gasteiger partial charge in [-0.2, -0.15) is 0 Å². The van der Waals surface area contributed by atoms with Gasteiger partial charge in [-0.3, -0.25) is 4.98 Å². The number of pyridine rings is 1. The average molecular weight is 202 g/mol. The maximum absolute atomic E-state index is 5.45. The Balaban J connectivity index is 1.99. The SMILES string of the molecule is Cc1cncc(NCc2ccc(C)o2)c1. The molecule has 0 atom stereocenters. The maximum Gasteiger partial charge on any atom is 0.123 e. The van der Waals surface area contributed by atoms with Crippen LogP contribution in [0.15, 0.2) is 35.0 Å². The van der Waals surface area contributed by atoms with Gasteiger partial charge in [0.05, 0.1) is 12.2 Å². The third-order valence-electron chi connectivity index (χ3n) is 2.14. The summed E-state index contributed by atoms with van der Waals surface area (Å²) in [6, 6.07) is 6.00. The first-order chi connectivity index (χ1) is 7.24. The van der Waals surface area contributed by atoms with Gasteiger partial charge in [0.2, 0.25) is 0 Å². The number of hydrogen-bond acceptors (Lipinski definition) is 3. The molecule has 0 aliphatic carbocycles. The summed E-state index contributed by atoms with van der Waals surface area (Å²) < 4.78 is 5.45. The molecule has 15 heavy (non-hydrogen) atoms. The van der Waals surface area contributed by atoms with Crippen molar-refractivity contribution < 1.29 is 4.42 Å². The standard InChI is InChI=1S/C12H14N2O/c1-9-5-11(7-13-6-9)14-8-12-4-3-10(2)15-12/h3-7,14H,8H2,1-2H3. The molecule has 78 valence electrons. The number of nitrogens with one attached hydrogen (secondary N) is 1. The minimum atomic E-state index is 0.693. The Morgan fingerprint density at radius 2 is 2.13 bits per heavy atom.